The lowest BCUT2D eigenvalue weighted by Crippen LogP contribution is -2.27. The standard InChI is InChI=1S/C22H27N5O3S/c1-4-18(20(28)24-17-14-16(29-2)10-11-19(17)30-3)27-21(23)25-26-22(27)31-13-12-15-8-6-5-7-9-15/h5-11,14,18H,4,12-13H2,1-3H3,(H2,23,25)(H,24,28). The Morgan fingerprint density at radius 3 is 2.61 bits per heavy atom. The summed E-state index contributed by atoms with van der Waals surface area (Å²) in [5.41, 5.74) is 7.85. The molecule has 0 saturated carbocycles. The molecule has 0 aliphatic carbocycles. The van der Waals surface area contributed by atoms with Gasteiger partial charge in [-0.05, 0) is 30.5 Å². The van der Waals surface area contributed by atoms with Gasteiger partial charge in [-0.1, -0.05) is 49.0 Å². The first-order valence-electron chi connectivity index (χ1n) is 9.97. The van der Waals surface area contributed by atoms with Crippen molar-refractivity contribution in [2.75, 3.05) is 31.0 Å². The number of nitrogen functional groups attached to an aromatic ring is 1. The average Bonchev–Trinajstić information content (AvgIpc) is 3.15. The number of carbonyl (C=O) groups is 1. The van der Waals surface area contributed by atoms with Crippen LogP contribution in [-0.2, 0) is 11.2 Å². The van der Waals surface area contributed by atoms with E-state index >= 15 is 0 Å². The van der Waals surface area contributed by atoms with Crippen LogP contribution in [0.5, 0.6) is 11.5 Å². The second-order valence-corrected chi connectivity index (χ2v) is 7.84. The fourth-order valence-electron chi connectivity index (χ4n) is 3.20. The number of ether oxygens (including phenoxy) is 2. The Morgan fingerprint density at radius 2 is 1.94 bits per heavy atom. The highest BCUT2D eigenvalue weighted by Crippen LogP contribution is 2.31. The van der Waals surface area contributed by atoms with E-state index < -0.39 is 6.04 Å². The number of anilines is 2. The maximum absolute atomic E-state index is 13.2. The van der Waals surface area contributed by atoms with Crippen molar-refractivity contribution >= 4 is 29.3 Å². The molecule has 164 valence electrons. The Balaban J connectivity index is 1.76. The van der Waals surface area contributed by atoms with Crippen LogP contribution in [-0.4, -0.2) is 40.6 Å². The summed E-state index contributed by atoms with van der Waals surface area (Å²) in [4.78, 5) is 13.2. The number of nitrogens with one attached hydrogen (secondary N) is 1. The van der Waals surface area contributed by atoms with Gasteiger partial charge in [0, 0.05) is 11.8 Å². The van der Waals surface area contributed by atoms with Gasteiger partial charge < -0.3 is 20.5 Å². The third kappa shape index (κ3) is 5.49. The van der Waals surface area contributed by atoms with E-state index in [1.54, 1.807) is 37.0 Å². The van der Waals surface area contributed by atoms with Gasteiger partial charge in [0.25, 0.3) is 0 Å². The number of methoxy groups -OCH3 is 2. The first kappa shape index (κ1) is 22.5. The Labute approximate surface area is 186 Å². The number of hydrogen-bond acceptors (Lipinski definition) is 7. The van der Waals surface area contributed by atoms with Crippen LogP contribution in [0.2, 0.25) is 0 Å². The minimum absolute atomic E-state index is 0.210. The number of carbonyl (C=O) groups excluding carboxylic acids is 1. The average molecular weight is 442 g/mol. The molecule has 2 aromatic carbocycles. The molecule has 0 saturated heterocycles. The van der Waals surface area contributed by atoms with E-state index in [2.05, 4.69) is 27.6 Å². The molecular weight excluding hydrogens is 414 g/mol. The van der Waals surface area contributed by atoms with Crippen molar-refractivity contribution in [2.24, 2.45) is 0 Å². The summed E-state index contributed by atoms with van der Waals surface area (Å²) < 4.78 is 12.3. The van der Waals surface area contributed by atoms with E-state index in [1.807, 2.05) is 25.1 Å². The number of thioether (sulfide) groups is 1. The lowest BCUT2D eigenvalue weighted by molar-refractivity contribution is -0.119. The minimum atomic E-state index is -0.565. The number of amides is 1. The zero-order chi connectivity index (χ0) is 22.2. The van der Waals surface area contributed by atoms with Crippen LogP contribution in [0.3, 0.4) is 0 Å². The molecule has 1 aromatic heterocycles. The van der Waals surface area contributed by atoms with E-state index in [1.165, 1.54) is 17.3 Å². The summed E-state index contributed by atoms with van der Waals surface area (Å²) >= 11 is 1.53. The number of aryl methyl sites for hydroxylation is 1. The molecule has 0 aliphatic rings. The Hall–Kier alpha value is -3.20. The molecule has 0 aliphatic heterocycles. The van der Waals surface area contributed by atoms with Crippen LogP contribution in [0.25, 0.3) is 0 Å². The van der Waals surface area contributed by atoms with Crippen LogP contribution in [0, 0.1) is 0 Å². The van der Waals surface area contributed by atoms with Crippen LogP contribution in [0.4, 0.5) is 11.6 Å². The van der Waals surface area contributed by atoms with Gasteiger partial charge in [-0.25, -0.2) is 0 Å². The number of nitrogens with zero attached hydrogens (tertiary/aromatic N) is 3. The van der Waals surface area contributed by atoms with E-state index in [9.17, 15) is 4.79 Å². The smallest absolute Gasteiger partial charge is 0.247 e. The fourth-order valence-corrected chi connectivity index (χ4v) is 4.18. The molecule has 3 rings (SSSR count). The van der Waals surface area contributed by atoms with Crippen molar-refractivity contribution < 1.29 is 14.3 Å². The molecule has 0 radical (unpaired) electrons. The van der Waals surface area contributed by atoms with Crippen molar-refractivity contribution in [2.45, 2.75) is 31.0 Å². The summed E-state index contributed by atoms with van der Waals surface area (Å²) in [5, 5.41) is 11.7. The normalized spacial score (nSPS) is 11.7. The number of aromatic nitrogens is 3. The third-order valence-electron chi connectivity index (χ3n) is 4.82. The van der Waals surface area contributed by atoms with Crippen molar-refractivity contribution in [3.05, 3.63) is 54.1 Å². The minimum Gasteiger partial charge on any atom is -0.497 e. The maximum atomic E-state index is 13.2. The number of hydrogen-bond donors (Lipinski definition) is 2. The lowest BCUT2D eigenvalue weighted by atomic mass is 10.2. The van der Waals surface area contributed by atoms with Crippen LogP contribution < -0.4 is 20.5 Å². The van der Waals surface area contributed by atoms with E-state index in [0.717, 1.165) is 12.2 Å². The Morgan fingerprint density at radius 1 is 1.16 bits per heavy atom. The highest BCUT2D eigenvalue weighted by molar-refractivity contribution is 7.99. The zero-order valence-corrected chi connectivity index (χ0v) is 18.7. The summed E-state index contributed by atoms with van der Waals surface area (Å²) in [6.07, 6.45) is 1.40. The van der Waals surface area contributed by atoms with Crippen molar-refractivity contribution in [1.82, 2.24) is 14.8 Å². The predicted octanol–water partition coefficient (Wildman–Crippen LogP) is 3.80. The summed E-state index contributed by atoms with van der Waals surface area (Å²) in [5.74, 6) is 1.93. The highest BCUT2D eigenvalue weighted by atomic mass is 32.2. The number of benzene rings is 2. The molecule has 1 unspecified atom stereocenters. The van der Waals surface area contributed by atoms with E-state index in [4.69, 9.17) is 15.2 Å². The monoisotopic (exact) mass is 441 g/mol. The highest BCUT2D eigenvalue weighted by Gasteiger charge is 2.25. The summed E-state index contributed by atoms with van der Waals surface area (Å²) in [6, 6.07) is 14.9. The quantitative estimate of drug-likeness (QED) is 0.461. The molecule has 0 spiro atoms. The first-order valence-corrected chi connectivity index (χ1v) is 11.0. The fraction of sp³-hybridized carbons (Fsp3) is 0.318. The SMILES string of the molecule is CCC(C(=O)Nc1cc(OC)ccc1OC)n1c(N)nnc1SCCc1ccccc1. The molecule has 31 heavy (non-hydrogen) atoms. The van der Waals surface area contributed by atoms with Crippen molar-refractivity contribution in [1.29, 1.82) is 0 Å². The van der Waals surface area contributed by atoms with E-state index in [0.29, 0.717) is 28.8 Å². The van der Waals surface area contributed by atoms with Crippen molar-refractivity contribution in [3.63, 3.8) is 0 Å². The predicted molar refractivity (Wildman–Crippen MR) is 123 cm³/mol. The lowest BCUT2D eigenvalue weighted by Gasteiger charge is -2.20. The molecule has 9 heteroatoms. The van der Waals surface area contributed by atoms with Gasteiger partial charge >= 0.3 is 0 Å². The summed E-state index contributed by atoms with van der Waals surface area (Å²) in [7, 11) is 3.12. The maximum Gasteiger partial charge on any atom is 0.247 e. The van der Waals surface area contributed by atoms with Gasteiger partial charge in [-0.15, -0.1) is 10.2 Å². The molecule has 1 atom stereocenters. The van der Waals surface area contributed by atoms with Gasteiger partial charge in [0.2, 0.25) is 11.9 Å². The number of nitrogens with two attached hydrogens (primary N) is 1. The zero-order valence-electron chi connectivity index (χ0n) is 17.9. The van der Waals surface area contributed by atoms with Crippen LogP contribution in [0.1, 0.15) is 24.9 Å². The van der Waals surface area contributed by atoms with Gasteiger partial charge in [0.1, 0.15) is 17.5 Å². The van der Waals surface area contributed by atoms with Crippen LogP contribution >= 0.6 is 11.8 Å². The third-order valence-corrected chi connectivity index (χ3v) is 5.77. The van der Waals surface area contributed by atoms with E-state index in [-0.39, 0.29) is 11.9 Å². The second kappa shape index (κ2) is 10.7. The molecular formula is C22H27N5O3S. The topological polar surface area (TPSA) is 104 Å². The molecule has 0 fully saturated rings. The largest absolute Gasteiger partial charge is 0.497 e. The van der Waals surface area contributed by atoms with Gasteiger partial charge in [-0.2, -0.15) is 0 Å². The molecule has 1 heterocycles. The molecule has 8 nitrogen and oxygen atoms in total. The molecule has 0 bridgehead atoms. The molecule has 3 aromatic rings. The summed E-state index contributed by atoms with van der Waals surface area (Å²) in [6.45, 7) is 1.92. The van der Waals surface area contributed by atoms with Crippen LogP contribution in [0.15, 0.2) is 53.7 Å². The second-order valence-electron chi connectivity index (χ2n) is 6.77. The first-order chi connectivity index (χ1) is 15.1. The Bertz CT molecular complexity index is 1010. The number of rotatable bonds is 10. The van der Waals surface area contributed by atoms with Gasteiger partial charge in [0.05, 0.1) is 19.9 Å². The van der Waals surface area contributed by atoms with Gasteiger partial charge in [0.15, 0.2) is 5.16 Å². The van der Waals surface area contributed by atoms with Crippen molar-refractivity contribution in [3.8, 4) is 11.5 Å². The Kier molecular flexibility index (Phi) is 7.77. The molecule has 3 N–H and O–H groups in total. The molecule has 1 amide bonds. The van der Waals surface area contributed by atoms with Gasteiger partial charge in [-0.3, -0.25) is 9.36 Å².